The molecule has 2 aromatic rings. The Kier molecular flexibility index (Phi) is 4.40. The smallest absolute Gasteiger partial charge is 0.223 e. The third-order valence-electron chi connectivity index (χ3n) is 2.76. The van der Waals surface area contributed by atoms with Crippen molar-refractivity contribution in [3.8, 4) is 16.9 Å². The van der Waals surface area contributed by atoms with Crippen molar-refractivity contribution < 1.29 is 4.74 Å². The van der Waals surface area contributed by atoms with Gasteiger partial charge >= 0.3 is 0 Å². The predicted molar refractivity (Wildman–Crippen MR) is 85.5 cm³/mol. The molecule has 0 atom stereocenters. The second-order valence-corrected chi connectivity index (χ2v) is 4.26. The Morgan fingerprint density at radius 3 is 2.33 bits per heavy atom. The van der Waals surface area contributed by atoms with E-state index in [0.717, 1.165) is 16.9 Å². The van der Waals surface area contributed by atoms with E-state index in [-0.39, 0.29) is 11.9 Å². The summed E-state index contributed by atoms with van der Waals surface area (Å²) in [4.78, 5) is 7.84. The molecule has 0 aromatic heterocycles. The lowest BCUT2D eigenvalue weighted by atomic mass is 10.0. The van der Waals surface area contributed by atoms with E-state index in [9.17, 15) is 0 Å². The molecule has 0 bridgehead atoms. The van der Waals surface area contributed by atoms with Crippen LogP contribution in [0.25, 0.3) is 11.1 Å². The standard InChI is InChI=1S/C15H17N5O/c1-21-13-8-7-11(19-15(18)20-14(16)17)9-12(13)10-5-3-2-4-6-10/h2-9H,1H3,(H6,16,17,18,19,20). The van der Waals surface area contributed by atoms with Crippen molar-refractivity contribution in [1.29, 1.82) is 0 Å². The molecule has 0 fully saturated rings. The summed E-state index contributed by atoms with van der Waals surface area (Å²) < 4.78 is 5.38. The summed E-state index contributed by atoms with van der Waals surface area (Å²) in [6.07, 6.45) is 0. The van der Waals surface area contributed by atoms with Gasteiger partial charge in [-0.05, 0) is 23.8 Å². The summed E-state index contributed by atoms with van der Waals surface area (Å²) in [7, 11) is 1.62. The maximum absolute atomic E-state index is 5.64. The molecular formula is C15H17N5O. The van der Waals surface area contributed by atoms with Gasteiger partial charge in [0.2, 0.25) is 5.96 Å². The molecule has 0 aliphatic rings. The van der Waals surface area contributed by atoms with Crippen molar-refractivity contribution in [3.05, 3.63) is 48.5 Å². The molecule has 2 rings (SSSR count). The Hall–Kier alpha value is -3.02. The van der Waals surface area contributed by atoms with Crippen LogP contribution in [0.3, 0.4) is 0 Å². The van der Waals surface area contributed by atoms with Gasteiger partial charge in [-0.15, -0.1) is 0 Å². The highest BCUT2D eigenvalue weighted by Crippen LogP contribution is 2.33. The van der Waals surface area contributed by atoms with Crippen molar-refractivity contribution in [3.63, 3.8) is 0 Å². The minimum Gasteiger partial charge on any atom is -0.496 e. The lowest BCUT2D eigenvalue weighted by Gasteiger charge is -2.09. The molecule has 0 radical (unpaired) electrons. The number of hydrogen-bond acceptors (Lipinski definition) is 2. The third kappa shape index (κ3) is 3.73. The highest BCUT2D eigenvalue weighted by molar-refractivity contribution is 5.93. The third-order valence-corrected chi connectivity index (χ3v) is 2.76. The SMILES string of the molecule is COc1ccc(N=C(N)N=C(N)N)cc1-c1ccccc1. The maximum atomic E-state index is 5.64. The number of rotatable bonds is 3. The molecule has 0 unspecified atom stereocenters. The first kappa shape index (κ1) is 14.4. The van der Waals surface area contributed by atoms with E-state index >= 15 is 0 Å². The second kappa shape index (κ2) is 6.42. The Morgan fingerprint density at radius 2 is 1.71 bits per heavy atom. The number of nitrogens with zero attached hydrogens (tertiary/aromatic N) is 2. The number of guanidine groups is 2. The first-order chi connectivity index (χ1) is 10.1. The Bertz CT molecular complexity index is 676. The molecule has 21 heavy (non-hydrogen) atoms. The average molecular weight is 283 g/mol. The molecule has 0 saturated heterocycles. The molecule has 0 saturated carbocycles. The highest BCUT2D eigenvalue weighted by Gasteiger charge is 2.06. The first-order valence-corrected chi connectivity index (χ1v) is 6.27. The number of benzene rings is 2. The summed E-state index contributed by atoms with van der Waals surface area (Å²) >= 11 is 0. The lowest BCUT2D eigenvalue weighted by molar-refractivity contribution is 0.416. The minimum atomic E-state index is -0.131. The number of aliphatic imine (C=N–C) groups is 2. The quantitative estimate of drug-likeness (QED) is 0.586. The van der Waals surface area contributed by atoms with Crippen LogP contribution in [0.1, 0.15) is 0 Å². The van der Waals surface area contributed by atoms with Gasteiger partial charge in [0.15, 0.2) is 5.96 Å². The zero-order valence-corrected chi connectivity index (χ0v) is 11.7. The summed E-state index contributed by atoms with van der Waals surface area (Å²) in [6.45, 7) is 0. The molecule has 6 nitrogen and oxygen atoms in total. The second-order valence-electron chi connectivity index (χ2n) is 4.26. The van der Waals surface area contributed by atoms with Crippen molar-refractivity contribution in [2.75, 3.05) is 7.11 Å². The monoisotopic (exact) mass is 283 g/mol. The van der Waals surface area contributed by atoms with E-state index in [1.165, 1.54) is 0 Å². The van der Waals surface area contributed by atoms with E-state index in [2.05, 4.69) is 9.98 Å². The van der Waals surface area contributed by atoms with E-state index in [4.69, 9.17) is 21.9 Å². The van der Waals surface area contributed by atoms with Gasteiger partial charge in [0.1, 0.15) is 5.75 Å². The maximum Gasteiger partial charge on any atom is 0.223 e. The van der Waals surface area contributed by atoms with Crippen LogP contribution in [0.15, 0.2) is 58.5 Å². The van der Waals surface area contributed by atoms with Crippen LogP contribution >= 0.6 is 0 Å². The van der Waals surface area contributed by atoms with Crippen LogP contribution in [-0.4, -0.2) is 19.0 Å². The van der Waals surface area contributed by atoms with E-state index in [1.54, 1.807) is 13.2 Å². The van der Waals surface area contributed by atoms with Gasteiger partial charge in [-0.3, -0.25) is 0 Å². The molecule has 0 aliphatic heterocycles. The first-order valence-electron chi connectivity index (χ1n) is 6.27. The van der Waals surface area contributed by atoms with Crippen molar-refractivity contribution in [2.45, 2.75) is 0 Å². The summed E-state index contributed by atoms with van der Waals surface area (Å²) in [6, 6.07) is 15.3. The van der Waals surface area contributed by atoms with Crippen LogP contribution in [-0.2, 0) is 0 Å². The highest BCUT2D eigenvalue weighted by atomic mass is 16.5. The summed E-state index contributed by atoms with van der Waals surface area (Å²) in [5.41, 5.74) is 18.7. The van der Waals surface area contributed by atoms with Crippen LogP contribution in [0.5, 0.6) is 5.75 Å². The van der Waals surface area contributed by atoms with Gasteiger partial charge < -0.3 is 21.9 Å². The van der Waals surface area contributed by atoms with Crippen LogP contribution in [0, 0.1) is 0 Å². The predicted octanol–water partition coefficient (Wildman–Crippen LogP) is 1.58. The van der Waals surface area contributed by atoms with Gasteiger partial charge in [-0.2, -0.15) is 4.99 Å². The molecular weight excluding hydrogens is 266 g/mol. The average Bonchev–Trinajstić information content (AvgIpc) is 2.47. The lowest BCUT2D eigenvalue weighted by Crippen LogP contribution is -2.26. The number of nitrogens with two attached hydrogens (primary N) is 3. The molecule has 0 heterocycles. The molecule has 6 heteroatoms. The van der Waals surface area contributed by atoms with E-state index < -0.39 is 0 Å². The topological polar surface area (TPSA) is 112 Å². The fraction of sp³-hybridized carbons (Fsp3) is 0.0667. The normalized spacial score (nSPS) is 11.0. The van der Waals surface area contributed by atoms with E-state index in [1.807, 2.05) is 42.5 Å². The van der Waals surface area contributed by atoms with E-state index in [0.29, 0.717) is 5.69 Å². The largest absolute Gasteiger partial charge is 0.496 e. The molecule has 108 valence electrons. The number of hydrogen-bond donors (Lipinski definition) is 3. The Balaban J connectivity index is 2.46. The number of ether oxygens (including phenoxy) is 1. The van der Waals surface area contributed by atoms with Crippen molar-refractivity contribution >= 4 is 17.6 Å². The van der Waals surface area contributed by atoms with Crippen LogP contribution < -0.4 is 21.9 Å². The molecule has 0 spiro atoms. The molecule has 0 amide bonds. The molecule has 6 N–H and O–H groups in total. The van der Waals surface area contributed by atoms with Crippen LogP contribution in [0.2, 0.25) is 0 Å². The zero-order chi connectivity index (χ0) is 15.2. The Labute approximate surface area is 123 Å². The fourth-order valence-corrected chi connectivity index (χ4v) is 1.90. The van der Waals surface area contributed by atoms with Crippen molar-refractivity contribution in [1.82, 2.24) is 0 Å². The Morgan fingerprint density at radius 1 is 1.00 bits per heavy atom. The molecule has 0 aliphatic carbocycles. The van der Waals surface area contributed by atoms with Crippen molar-refractivity contribution in [2.24, 2.45) is 27.2 Å². The summed E-state index contributed by atoms with van der Waals surface area (Å²) in [5, 5.41) is 0. The van der Waals surface area contributed by atoms with Gasteiger partial charge in [0.25, 0.3) is 0 Å². The van der Waals surface area contributed by atoms with Gasteiger partial charge in [-0.1, -0.05) is 30.3 Å². The summed E-state index contributed by atoms with van der Waals surface area (Å²) in [5.74, 6) is 0.618. The minimum absolute atomic E-state index is 0.000761. The van der Waals surface area contributed by atoms with Gasteiger partial charge in [0.05, 0.1) is 12.8 Å². The molecule has 2 aromatic carbocycles. The van der Waals surface area contributed by atoms with Gasteiger partial charge in [0, 0.05) is 5.56 Å². The van der Waals surface area contributed by atoms with Crippen LogP contribution in [0.4, 0.5) is 5.69 Å². The zero-order valence-electron chi connectivity index (χ0n) is 11.7. The fourth-order valence-electron chi connectivity index (χ4n) is 1.90. The van der Waals surface area contributed by atoms with Gasteiger partial charge in [-0.25, -0.2) is 4.99 Å². The number of methoxy groups -OCH3 is 1.